The van der Waals surface area contributed by atoms with Crippen molar-refractivity contribution in [3.05, 3.63) is 34.1 Å². The third kappa shape index (κ3) is 1.04. The fourth-order valence-corrected chi connectivity index (χ4v) is 3.01. The molecule has 0 amide bonds. The molecule has 0 saturated heterocycles. The molecule has 0 aliphatic rings. The van der Waals surface area contributed by atoms with Crippen LogP contribution in [0.4, 0.5) is 0 Å². The molecular formula is C10H5BrOS. The number of fused-ring (bicyclic) bond motifs is 3. The van der Waals surface area contributed by atoms with Gasteiger partial charge in [-0.2, -0.15) is 0 Å². The number of benzene rings is 1. The third-order valence-corrected chi connectivity index (χ3v) is 3.67. The van der Waals surface area contributed by atoms with Gasteiger partial charge in [-0.3, -0.25) is 0 Å². The van der Waals surface area contributed by atoms with Crippen LogP contribution in [0.2, 0.25) is 0 Å². The van der Waals surface area contributed by atoms with Crippen LogP contribution in [0, 0.1) is 0 Å². The first-order chi connectivity index (χ1) is 6.34. The zero-order valence-corrected chi connectivity index (χ0v) is 8.98. The lowest BCUT2D eigenvalue weighted by atomic mass is 10.2. The number of hydrogen-bond acceptors (Lipinski definition) is 2. The summed E-state index contributed by atoms with van der Waals surface area (Å²) >= 11 is 5.16. The fraction of sp³-hybridized carbons (Fsp3) is 0. The van der Waals surface area contributed by atoms with Gasteiger partial charge >= 0.3 is 0 Å². The van der Waals surface area contributed by atoms with E-state index in [0.29, 0.717) is 0 Å². The van der Waals surface area contributed by atoms with Gasteiger partial charge in [0.05, 0.1) is 8.49 Å². The molecule has 0 N–H and O–H groups in total. The van der Waals surface area contributed by atoms with Crippen LogP contribution in [-0.2, 0) is 0 Å². The number of furan rings is 1. The van der Waals surface area contributed by atoms with E-state index < -0.39 is 0 Å². The highest BCUT2D eigenvalue weighted by atomic mass is 79.9. The first-order valence-electron chi connectivity index (χ1n) is 3.91. The Balaban J connectivity index is 2.60. The molecule has 0 atom stereocenters. The van der Waals surface area contributed by atoms with Crippen LogP contribution in [0.1, 0.15) is 0 Å². The van der Waals surface area contributed by atoms with Gasteiger partial charge in [-0.15, -0.1) is 11.3 Å². The third-order valence-electron chi connectivity index (χ3n) is 2.02. The number of hydrogen-bond donors (Lipinski definition) is 0. The van der Waals surface area contributed by atoms with Crippen molar-refractivity contribution >= 4 is 48.5 Å². The van der Waals surface area contributed by atoms with Crippen molar-refractivity contribution in [3.63, 3.8) is 0 Å². The molecule has 3 rings (SSSR count). The number of thiophene rings is 1. The quantitative estimate of drug-likeness (QED) is 0.578. The summed E-state index contributed by atoms with van der Waals surface area (Å²) in [5.41, 5.74) is 1.94. The highest BCUT2D eigenvalue weighted by molar-refractivity contribution is 9.11. The first-order valence-corrected chi connectivity index (χ1v) is 5.52. The molecule has 0 spiro atoms. The summed E-state index contributed by atoms with van der Waals surface area (Å²) in [5, 5.41) is 1.20. The van der Waals surface area contributed by atoms with Crippen LogP contribution in [-0.4, -0.2) is 0 Å². The summed E-state index contributed by atoms with van der Waals surface area (Å²) in [6, 6.07) is 10.1. The van der Waals surface area contributed by atoms with Crippen LogP contribution in [0.5, 0.6) is 0 Å². The molecule has 0 saturated carbocycles. The zero-order chi connectivity index (χ0) is 8.84. The summed E-state index contributed by atoms with van der Waals surface area (Å²) in [6.07, 6.45) is 0. The van der Waals surface area contributed by atoms with Gasteiger partial charge in [-0.1, -0.05) is 12.1 Å². The minimum absolute atomic E-state index is 0.969. The molecule has 1 aromatic carbocycles. The van der Waals surface area contributed by atoms with Gasteiger partial charge in [0.25, 0.3) is 0 Å². The van der Waals surface area contributed by atoms with Gasteiger partial charge < -0.3 is 4.42 Å². The predicted molar refractivity (Wildman–Crippen MR) is 59.3 cm³/mol. The minimum atomic E-state index is 0.969. The molecule has 0 aliphatic carbocycles. The van der Waals surface area contributed by atoms with E-state index in [4.69, 9.17) is 4.42 Å². The second-order valence-electron chi connectivity index (χ2n) is 2.84. The Hall–Kier alpha value is -0.800. The van der Waals surface area contributed by atoms with Crippen molar-refractivity contribution in [2.45, 2.75) is 0 Å². The molecule has 13 heavy (non-hydrogen) atoms. The van der Waals surface area contributed by atoms with Gasteiger partial charge in [0.15, 0.2) is 0 Å². The van der Waals surface area contributed by atoms with Gasteiger partial charge in [0, 0.05) is 11.5 Å². The van der Waals surface area contributed by atoms with E-state index in [9.17, 15) is 0 Å². The van der Waals surface area contributed by atoms with E-state index in [2.05, 4.69) is 22.0 Å². The van der Waals surface area contributed by atoms with Crippen LogP contribution < -0.4 is 0 Å². The van der Waals surface area contributed by atoms with E-state index in [1.807, 2.05) is 24.3 Å². The van der Waals surface area contributed by atoms with E-state index >= 15 is 0 Å². The standard InChI is InChI=1S/C10H5BrOS/c11-9-5-8-10(13-9)6-3-1-2-4-7(6)12-8/h1-5H. The Kier molecular flexibility index (Phi) is 1.51. The second-order valence-corrected chi connectivity index (χ2v) is 5.27. The molecule has 3 heteroatoms. The topological polar surface area (TPSA) is 13.1 Å². The van der Waals surface area contributed by atoms with E-state index in [-0.39, 0.29) is 0 Å². The van der Waals surface area contributed by atoms with E-state index in [0.717, 1.165) is 15.0 Å². The largest absolute Gasteiger partial charge is 0.455 e. The second kappa shape index (κ2) is 2.59. The molecule has 0 radical (unpaired) electrons. The normalized spacial score (nSPS) is 11.5. The monoisotopic (exact) mass is 252 g/mol. The lowest BCUT2D eigenvalue weighted by Crippen LogP contribution is -1.59. The SMILES string of the molecule is Brc1cc2oc3ccccc3c2s1. The summed E-state index contributed by atoms with van der Waals surface area (Å²) in [5.74, 6) is 0. The molecule has 2 heterocycles. The maximum atomic E-state index is 5.65. The average Bonchev–Trinajstić information content (AvgIpc) is 2.60. The van der Waals surface area contributed by atoms with Crippen molar-refractivity contribution in [3.8, 4) is 0 Å². The van der Waals surface area contributed by atoms with Crippen molar-refractivity contribution in [2.24, 2.45) is 0 Å². The van der Waals surface area contributed by atoms with Gasteiger partial charge in [-0.05, 0) is 28.1 Å². The van der Waals surface area contributed by atoms with E-state index in [1.54, 1.807) is 11.3 Å². The number of halogens is 1. The van der Waals surface area contributed by atoms with E-state index in [1.165, 1.54) is 10.1 Å². The lowest BCUT2D eigenvalue weighted by molar-refractivity contribution is 0.669. The smallest absolute Gasteiger partial charge is 0.147 e. The molecular weight excluding hydrogens is 248 g/mol. The maximum absolute atomic E-state index is 5.65. The van der Waals surface area contributed by atoms with Crippen molar-refractivity contribution in [2.75, 3.05) is 0 Å². The molecule has 3 aromatic rings. The van der Waals surface area contributed by atoms with Crippen LogP contribution in [0.3, 0.4) is 0 Å². The van der Waals surface area contributed by atoms with Crippen LogP contribution >= 0.6 is 27.3 Å². The highest BCUT2D eigenvalue weighted by Gasteiger charge is 2.08. The summed E-state index contributed by atoms with van der Waals surface area (Å²) < 4.78 is 8.00. The first kappa shape index (κ1) is 7.59. The Morgan fingerprint density at radius 3 is 2.92 bits per heavy atom. The van der Waals surface area contributed by atoms with Gasteiger partial charge in [-0.25, -0.2) is 0 Å². The van der Waals surface area contributed by atoms with Gasteiger partial charge in [0.1, 0.15) is 11.2 Å². The minimum Gasteiger partial charge on any atom is -0.455 e. The van der Waals surface area contributed by atoms with Crippen LogP contribution in [0.15, 0.2) is 38.5 Å². The Labute approximate surface area is 87.1 Å². The van der Waals surface area contributed by atoms with Crippen molar-refractivity contribution in [1.82, 2.24) is 0 Å². The Bertz CT molecular complexity index is 579. The van der Waals surface area contributed by atoms with Crippen LogP contribution in [0.25, 0.3) is 21.3 Å². The summed E-state index contributed by atoms with van der Waals surface area (Å²) in [4.78, 5) is 0. The fourth-order valence-electron chi connectivity index (χ4n) is 1.47. The lowest BCUT2D eigenvalue weighted by Gasteiger charge is -1.84. The Morgan fingerprint density at radius 2 is 2.00 bits per heavy atom. The Morgan fingerprint density at radius 1 is 1.15 bits per heavy atom. The maximum Gasteiger partial charge on any atom is 0.147 e. The average molecular weight is 253 g/mol. The molecule has 2 aromatic heterocycles. The summed E-state index contributed by atoms with van der Waals surface area (Å²) in [7, 11) is 0. The number of rotatable bonds is 0. The molecule has 0 fully saturated rings. The molecule has 0 bridgehead atoms. The van der Waals surface area contributed by atoms with Crippen molar-refractivity contribution < 1.29 is 4.42 Å². The summed E-state index contributed by atoms with van der Waals surface area (Å²) in [6.45, 7) is 0. The highest BCUT2D eigenvalue weighted by Crippen LogP contribution is 2.37. The molecule has 0 aliphatic heterocycles. The predicted octanol–water partition coefficient (Wildman–Crippen LogP) is 4.41. The molecule has 64 valence electrons. The number of para-hydroxylation sites is 1. The zero-order valence-electron chi connectivity index (χ0n) is 6.58. The van der Waals surface area contributed by atoms with Crippen molar-refractivity contribution in [1.29, 1.82) is 0 Å². The van der Waals surface area contributed by atoms with Gasteiger partial charge in [0.2, 0.25) is 0 Å². The molecule has 1 nitrogen and oxygen atoms in total. The molecule has 0 unspecified atom stereocenters.